The van der Waals surface area contributed by atoms with Crippen LogP contribution in [-0.4, -0.2) is 7.05 Å². The third-order valence-corrected chi connectivity index (χ3v) is 4.11. The van der Waals surface area contributed by atoms with Gasteiger partial charge in [0.2, 0.25) is 0 Å². The molecule has 2 rings (SSSR count). The molecule has 0 aliphatic heterocycles. The first-order valence-electron chi connectivity index (χ1n) is 6.61. The number of nitrogens with one attached hydrogen (secondary N) is 1. The number of hydrogen-bond donors (Lipinski definition) is 1. The van der Waals surface area contributed by atoms with Gasteiger partial charge < -0.3 is 9.73 Å². The predicted octanol–water partition coefficient (Wildman–Crippen LogP) is 4.50. The Hall–Kier alpha value is -1.32. The topological polar surface area (TPSA) is 25.2 Å². The molecule has 0 bridgehead atoms. The first-order valence-corrected chi connectivity index (χ1v) is 6.99. The molecule has 0 fully saturated rings. The van der Waals surface area contributed by atoms with Crippen LogP contribution in [0.2, 0.25) is 5.02 Å². The van der Waals surface area contributed by atoms with Crippen molar-refractivity contribution in [3.63, 3.8) is 0 Å². The minimum atomic E-state index is -0.314. The van der Waals surface area contributed by atoms with Gasteiger partial charge in [-0.2, -0.15) is 0 Å². The summed E-state index contributed by atoms with van der Waals surface area (Å²) >= 11 is 6.11. The Balaban J connectivity index is 2.33. The van der Waals surface area contributed by atoms with Crippen LogP contribution in [0.5, 0.6) is 0 Å². The molecule has 0 radical (unpaired) electrons. The Labute approximate surface area is 123 Å². The maximum absolute atomic E-state index is 13.1. The Morgan fingerprint density at radius 2 is 1.95 bits per heavy atom. The van der Waals surface area contributed by atoms with Crippen LogP contribution in [0, 0.1) is 26.6 Å². The standard InChI is InChI=1S/C16H19ClFNO/c1-9-10(2)20-11(3)16(9)15(19-4)7-12-5-6-13(18)8-14(12)17/h5-6,8,15,19H,7H2,1-4H3. The van der Waals surface area contributed by atoms with Gasteiger partial charge in [-0.25, -0.2) is 4.39 Å². The highest BCUT2D eigenvalue weighted by Crippen LogP contribution is 2.31. The Morgan fingerprint density at radius 1 is 1.25 bits per heavy atom. The van der Waals surface area contributed by atoms with Crippen molar-refractivity contribution in [1.82, 2.24) is 5.32 Å². The molecule has 20 heavy (non-hydrogen) atoms. The minimum Gasteiger partial charge on any atom is -0.466 e. The summed E-state index contributed by atoms with van der Waals surface area (Å²) < 4.78 is 18.8. The third kappa shape index (κ3) is 2.89. The van der Waals surface area contributed by atoms with Crippen molar-refractivity contribution < 1.29 is 8.81 Å². The lowest BCUT2D eigenvalue weighted by Gasteiger charge is -2.18. The van der Waals surface area contributed by atoms with Crippen molar-refractivity contribution in [1.29, 1.82) is 0 Å². The summed E-state index contributed by atoms with van der Waals surface area (Å²) in [6, 6.07) is 4.62. The van der Waals surface area contributed by atoms with Crippen LogP contribution in [0.4, 0.5) is 4.39 Å². The molecule has 1 atom stereocenters. The molecular formula is C16H19ClFNO. The first kappa shape index (κ1) is 15.1. The molecule has 0 aliphatic carbocycles. The molecule has 2 nitrogen and oxygen atoms in total. The largest absolute Gasteiger partial charge is 0.466 e. The number of rotatable bonds is 4. The molecule has 0 spiro atoms. The fourth-order valence-electron chi connectivity index (χ4n) is 2.58. The van der Waals surface area contributed by atoms with Gasteiger partial charge in [0.25, 0.3) is 0 Å². The Morgan fingerprint density at radius 3 is 2.45 bits per heavy atom. The lowest BCUT2D eigenvalue weighted by molar-refractivity contribution is 0.489. The second-order valence-corrected chi connectivity index (χ2v) is 5.44. The fraction of sp³-hybridized carbons (Fsp3) is 0.375. The summed E-state index contributed by atoms with van der Waals surface area (Å²) in [4.78, 5) is 0. The van der Waals surface area contributed by atoms with Gasteiger partial charge in [-0.15, -0.1) is 0 Å². The molecule has 0 saturated carbocycles. The van der Waals surface area contributed by atoms with Crippen LogP contribution in [0.25, 0.3) is 0 Å². The predicted molar refractivity (Wildman–Crippen MR) is 79.8 cm³/mol. The average molecular weight is 296 g/mol. The highest BCUT2D eigenvalue weighted by Gasteiger charge is 2.21. The highest BCUT2D eigenvalue weighted by atomic mass is 35.5. The van der Waals surface area contributed by atoms with Gasteiger partial charge in [0, 0.05) is 16.6 Å². The van der Waals surface area contributed by atoms with E-state index >= 15 is 0 Å². The van der Waals surface area contributed by atoms with Gasteiger partial charge >= 0.3 is 0 Å². The van der Waals surface area contributed by atoms with E-state index in [0.29, 0.717) is 11.4 Å². The molecule has 0 aliphatic rings. The number of aryl methyl sites for hydroxylation is 2. The quantitative estimate of drug-likeness (QED) is 0.898. The van der Waals surface area contributed by atoms with Crippen LogP contribution in [0.15, 0.2) is 22.6 Å². The monoisotopic (exact) mass is 295 g/mol. The second kappa shape index (κ2) is 5.98. The normalized spacial score (nSPS) is 12.7. The number of hydrogen-bond acceptors (Lipinski definition) is 2. The highest BCUT2D eigenvalue weighted by molar-refractivity contribution is 6.31. The molecule has 1 N–H and O–H groups in total. The van der Waals surface area contributed by atoms with Gasteiger partial charge in [-0.05, 0) is 57.5 Å². The van der Waals surface area contributed by atoms with Gasteiger partial charge in [0.1, 0.15) is 17.3 Å². The molecule has 1 heterocycles. The lowest BCUT2D eigenvalue weighted by atomic mass is 9.96. The van der Waals surface area contributed by atoms with E-state index in [1.54, 1.807) is 6.07 Å². The van der Waals surface area contributed by atoms with Crippen molar-refractivity contribution in [3.05, 3.63) is 57.2 Å². The average Bonchev–Trinajstić information content (AvgIpc) is 2.63. The summed E-state index contributed by atoms with van der Waals surface area (Å²) in [5.74, 6) is 1.53. The zero-order valence-electron chi connectivity index (χ0n) is 12.2. The van der Waals surface area contributed by atoms with E-state index in [-0.39, 0.29) is 11.9 Å². The number of furan rings is 1. The van der Waals surface area contributed by atoms with Crippen molar-refractivity contribution >= 4 is 11.6 Å². The zero-order valence-corrected chi connectivity index (χ0v) is 12.9. The molecule has 1 aromatic heterocycles. The summed E-state index contributed by atoms with van der Waals surface area (Å²) in [6.45, 7) is 5.98. The van der Waals surface area contributed by atoms with Crippen molar-refractivity contribution in [2.45, 2.75) is 33.2 Å². The van der Waals surface area contributed by atoms with Crippen LogP contribution in [0.1, 0.15) is 34.3 Å². The molecule has 108 valence electrons. The maximum Gasteiger partial charge on any atom is 0.124 e. The Bertz CT molecular complexity index is 621. The van der Waals surface area contributed by atoms with Crippen LogP contribution < -0.4 is 5.32 Å². The number of likely N-dealkylation sites (N-methyl/N-ethyl adjacent to an activating group) is 1. The van der Waals surface area contributed by atoms with E-state index in [0.717, 1.165) is 28.2 Å². The third-order valence-electron chi connectivity index (χ3n) is 3.75. The molecule has 0 saturated heterocycles. The molecule has 4 heteroatoms. The number of halogens is 2. The Kier molecular flexibility index (Phi) is 4.51. The summed E-state index contributed by atoms with van der Waals surface area (Å²) in [5.41, 5.74) is 3.23. The van der Waals surface area contributed by atoms with Crippen LogP contribution in [0.3, 0.4) is 0 Å². The second-order valence-electron chi connectivity index (χ2n) is 5.03. The van der Waals surface area contributed by atoms with E-state index in [1.807, 2.05) is 20.9 Å². The molecule has 1 unspecified atom stereocenters. The van der Waals surface area contributed by atoms with Crippen LogP contribution >= 0.6 is 11.6 Å². The summed E-state index contributed by atoms with van der Waals surface area (Å²) in [6.07, 6.45) is 0.691. The fourth-order valence-corrected chi connectivity index (χ4v) is 2.82. The van der Waals surface area contributed by atoms with Crippen molar-refractivity contribution in [2.75, 3.05) is 7.05 Å². The van der Waals surface area contributed by atoms with Crippen molar-refractivity contribution in [2.24, 2.45) is 0 Å². The summed E-state index contributed by atoms with van der Waals surface area (Å²) in [5, 5.41) is 3.75. The first-order chi connectivity index (χ1) is 9.43. The zero-order chi connectivity index (χ0) is 14.9. The van der Waals surface area contributed by atoms with E-state index in [9.17, 15) is 4.39 Å². The minimum absolute atomic E-state index is 0.0930. The SMILES string of the molecule is CNC(Cc1ccc(F)cc1Cl)c1c(C)oc(C)c1C. The molecular weight excluding hydrogens is 277 g/mol. The lowest BCUT2D eigenvalue weighted by Crippen LogP contribution is -2.20. The molecule has 0 amide bonds. The van der Waals surface area contributed by atoms with E-state index in [2.05, 4.69) is 12.2 Å². The molecule has 1 aromatic carbocycles. The maximum atomic E-state index is 13.1. The van der Waals surface area contributed by atoms with Gasteiger partial charge in [0.15, 0.2) is 0 Å². The van der Waals surface area contributed by atoms with E-state index in [1.165, 1.54) is 12.1 Å². The van der Waals surface area contributed by atoms with E-state index < -0.39 is 0 Å². The summed E-state index contributed by atoms with van der Waals surface area (Å²) in [7, 11) is 1.91. The smallest absolute Gasteiger partial charge is 0.124 e. The molecule has 2 aromatic rings. The van der Waals surface area contributed by atoms with E-state index in [4.69, 9.17) is 16.0 Å². The van der Waals surface area contributed by atoms with Gasteiger partial charge in [-0.3, -0.25) is 0 Å². The van der Waals surface area contributed by atoms with Crippen LogP contribution in [-0.2, 0) is 6.42 Å². The number of benzene rings is 1. The van der Waals surface area contributed by atoms with Crippen molar-refractivity contribution in [3.8, 4) is 0 Å². The van der Waals surface area contributed by atoms with Gasteiger partial charge in [0.05, 0.1) is 0 Å². The van der Waals surface area contributed by atoms with Gasteiger partial charge in [-0.1, -0.05) is 17.7 Å².